The van der Waals surface area contributed by atoms with E-state index in [4.69, 9.17) is 14.8 Å². The Kier molecular flexibility index (Phi) is 8.94. The van der Waals surface area contributed by atoms with Crippen LogP contribution < -0.4 is 4.74 Å². The summed E-state index contributed by atoms with van der Waals surface area (Å²) in [4.78, 5) is 4.85. The Morgan fingerprint density at radius 3 is 2.21 bits per heavy atom. The van der Waals surface area contributed by atoms with Gasteiger partial charge in [0.25, 0.3) is 0 Å². The Morgan fingerprint density at radius 1 is 0.750 bits per heavy atom. The van der Waals surface area contributed by atoms with E-state index in [1.807, 2.05) is 35.1 Å². The van der Waals surface area contributed by atoms with Crippen molar-refractivity contribution < 1.29 is 25.2 Å². The predicted octanol–water partition coefficient (Wildman–Crippen LogP) is 10.6. The quantitative estimate of drug-likeness (QED) is 0.122. The molecular formula is C42H40N4OPd. The van der Waals surface area contributed by atoms with Crippen LogP contribution in [0.4, 0.5) is 0 Å². The largest absolute Gasteiger partial charge is 2.00 e. The maximum Gasteiger partial charge on any atom is 2.00 e. The molecule has 48 heavy (non-hydrogen) atoms. The van der Waals surface area contributed by atoms with Crippen molar-refractivity contribution >= 4 is 21.8 Å². The minimum atomic E-state index is 0. The Labute approximate surface area is 297 Å². The van der Waals surface area contributed by atoms with E-state index in [0.29, 0.717) is 17.4 Å². The van der Waals surface area contributed by atoms with Crippen LogP contribution in [0.1, 0.15) is 55.8 Å². The van der Waals surface area contributed by atoms with Crippen LogP contribution in [0.25, 0.3) is 44.4 Å². The third-order valence-electron chi connectivity index (χ3n) is 9.94. The van der Waals surface area contributed by atoms with E-state index < -0.39 is 0 Å². The molecule has 0 bridgehead atoms. The van der Waals surface area contributed by atoms with Crippen LogP contribution in [0.15, 0.2) is 91.1 Å². The molecular weight excluding hydrogens is 683 g/mol. The van der Waals surface area contributed by atoms with Gasteiger partial charge in [-0.05, 0) is 90.6 Å². The molecule has 0 spiro atoms. The van der Waals surface area contributed by atoms with Crippen molar-refractivity contribution in [1.29, 1.82) is 0 Å². The van der Waals surface area contributed by atoms with E-state index in [-0.39, 0.29) is 25.8 Å². The zero-order valence-corrected chi connectivity index (χ0v) is 30.3. The molecule has 0 amide bonds. The zero-order chi connectivity index (χ0) is 33.0. The predicted molar refractivity (Wildman–Crippen MR) is 192 cm³/mol. The number of benzene rings is 4. The molecule has 0 aliphatic carbocycles. The van der Waals surface area contributed by atoms with Crippen LogP contribution in [0.2, 0.25) is 0 Å². The molecule has 7 rings (SSSR count). The van der Waals surface area contributed by atoms with E-state index >= 15 is 0 Å². The number of rotatable bonds is 7. The maximum absolute atomic E-state index is 6.46. The summed E-state index contributed by atoms with van der Waals surface area (Å²) in [6.45, 7) is 17.6. The third kappa shape index (κ3) is 5.68. The van der Waals surface area contributed by atoms with Gasteiger partial charge in [-0.3, -0.25) is 4.68 Å². The van der Waals surface area contributed by atoms with Gasteiger partial charge in [0.05, 0.1) is 5.69 Å². The summed E-state index contributed by atoms with van der Waals surface area (Å²) >= 11 is 0. The van der Waals surface area contributed by atoms with Gasteiger partial charge < -0.3 is 9.30 Å². The second-order valence-corrected chi connectivity index (χ2v) is 13.4. The van der Waals surface area contributed by atoms with Crippen LogP contribution in [0.5, 0.6) is 11.5 Å². The van der Waals surface area contributed by atoms with E-state index in [9.17, 15) is 0 Å². The molecule has 0 aliphatic heterocycles. The molecule has 0 radical (unpaired) electrons. The van der Waals surface area contributed by atoms with Crippen molar-refractivity contribution in [1.82, 2.24) is 19.3 Å². The smallest absolute Gasteiger partial charge is 0.509 e. The van der Waals surface area contributed by atoms with Crippen LogP contribution in [-0.4, -0.2) is 19.3 Å². The minimum absolute atomic E-state index is 0. The Balaban J connectivity index is 0.00000401. The fourth-order valence-corrected chi connectivity index (χ4v) is 6.63. The zero-order valence-electron chi connectivity index (χ0n) is 28.8. The van der Waals surface area contributed by atoms with E-state index in [1.54, 1.807) is 0 Å². The molecule has 3 heterocycles. The Bertz CT molecular complexity index is 2270. The molecule has 0 aliphatic rings. The van der Waals surface area contributed by atoms with E-state index in [2.05, 4.69) is 133 Å². The SMILES string of the molecule is Cc1cccc(C)c1-c1c(C)nn(-c2[c-]c(Oc3[c-]c4c(cc3)c3ccccc3n4-c3cc(C(C)(C)C(C)C)ccn3)ccc2)c1C.[Pd+2]. The minimum Gasteiger partial charge on any atom is -0.509 e. The fraction of sp³-hybridized carbons (Fsp3) is 0.238. The van der Waals surface area contributed by atoms with E-state index in [0.717, 1.165) is 44.7 Å². The molecule has 5 nitrogen and oxygen atoms in total. The first kappa shape index (κ1) is 33.4. The summed E-state index contributed by atoms with van der Waals surface area (Å²) in [5, 5.41) is 7.20. The van der Waals surface area contributed by atoms with Gasteiger partial charge in [0.1, 0.15) is 5.82 Å². The van der Waals surface area contributed by atoms with Crippen LogP contribution in [0, 0.1) is 45.7 Å². The molecule has 0 N–H and O–H groups in total. The van der Waals surface area contributed by atoms with Crippen molar-refractivity contribution in [2.75, 3.05) is 0 Å². The van der Waals surface area contributed by atoms with Crippen molar-refractivity contribution in [2.45, 2.75) is 60.8 Å². The monoisotopic (exact) mass is 722 g/mol. The summed E-state index contributed by atoms with van der Waals surface area (Å²) in [7, 11) is 0. The van der Waals surface area contributed by atoms with Gasteiger partial charge >= 0.3 is 20.4 Å². The molecule has 0 saturated carbocycles. The number of aryl methyl sites for hydroxylation is 3. The summed E-state index contributed by atoms with van der Waals surface area (Å²) in [6, 6.07) is 36.3. The van der Waals surface area contributed by atoms with Crippen LogP contribution >= 0.6 is 0 Å². The normalized spacial score (nSPS) is 11.8. The van der Waals surface area contributed by atoms with Crippen molar-refractivity contribution in [3.63, 3.8) is 0 Å². The van der Waals surface area contributed by atoms with Crippen LogP contribution in [-0.2, 0) is 25.8 Å². The first-order valence-electron chi connectivity index (χ1n) is 16.3. The van der Waals surface area contributed by atoms with Crippen molar-refractivity contribution in [3.05, 3.63) is 131 Å². The first-order chi connectivity index (χ1) is 22.5. The first-order valence-corrected chi connectivity index (χ1v) is 16.3. The standard InChI is InChI=1S/C42H40N4O.Pd/c1-26(2)42(7,8)31-21-22-43-39(23-31)45-37-18-10-9-17-35(37)36-20-19-34(25-38(36)45)47-33-16-12-15-32(24-33)46-30(6)41(29(5)44-46)40-27(3)13-11-14-28(40)4;/h9-23,26H,1-8H3;/q-2;+2. The third-order valence-corrected chi connectivity index (χ3v) is 9.94. The number of para-hydroxylation sites is 1. The number of hydrogen-bond donors (Lipinski definition) is 0. The van der Waals surface area contributed by atoms with E-state index in [1.165, 1.54) is 27.8 Å². The molecule has 7 aromatic rings. The number of ether oxygens (including phenoxy) is 1. The number of hydrogen-bond acceptors (Lipinski definition) is 3. The molecule has 0 fully saturated rings. The van der Waals surface area contributed by atoms with Gasteiger partial charge in [-0.1, -0.05) is 69.6 Å². The van der Waals surface area contributed by atoms with Gasteiger partial charge in [0, 0.05) is 34.5 Å². The molecule has 0 atom stereocenters. The van der Waals surface area contributed by atoms with Crippen LogP contribution in [0.3, 0.4) is 0 Å². The molecule has 244 valence electrons. The van der Waals surface area contributed by atoms with Gasteiger partial charge in [-0.15, -0.1) is 35.7 Å². The van der Waals surface area contributed by atoms with Crippen molar-refractivity contribution in [2.24, 2.45) is 5.92 Å². The van der Waals surface area contributed by atoms with Gasteiger partial charge in [-0.2, -0.15) is 17.2 Å². The molecule has 6 heteroatoms. The second-order valence-electron chi connectivity index (χ2n) is 13.4. The molecule has 3 aromatic heterocycles. The average Bonchev–Trinajstić information content (AvgIpc) is 3.54. The van der Waals surface area contributed by atoms with Gasteiger partial charge in [-0.25, -0.2) is 4.98 Å². The fourth-order valence-electron chi connectivity index (χ4n) is 6.63. The Morgan fingerprint density at radius 2 is 1.46 bits per heavy atom. The summed E-state index contributed by atoms with van der Waals surface area (Å²) < 4.78 is 10.6. The molecule has 0 saturated heterocycles. The summed E-state index contributed by atoms with van der Waals surface area (Å²) in [5.74, 6) is 2.55. The van der Waals surface area contributed by atoms with Gasteiger partial charge in [0.2, 0.25) is 0 Å². The van der Waals surface area contributed by atoms with Crippen molar-refractivity contribution in [3.8, 4) is 34.1 Å². The number of pyridine rings is 1. The maximum atomic E-state index is 6.46. The summed E-state index contributed by atoms with van der Waals surface area (Å²) in [5.41, 5.74) is 11.0. The number of aromatic nitrogens is 4. The van der Waals surface area contributed by atoms with Gasteiger partial charge in [0.15, 0.2) is 0 Å². The number of fused-ring (bicyclic) bond motifs is 3. The number of nitrogens with zero attached hydrogens (tertiary/aromatic N) is 4. The second kappa shape index (κ2) is 12.8. The Hall–Kier alpha value is -4.50. The average molecular weight is 723 g/mol. The molecule has 0 unspecified atom stereocenters. The summed E-state index contributed by atoms with van der Waals surface area (Å²) in [6.07, 6.45) is 1.92. The molecule has 4 aromatic carbocycles. The topological polar surface area (TPSA) is 44.9 Å².